The predicted molar refractivity (Wildman–Crippen MR) is 112 cm³/mol. The highest BCUT2D eigenvalue weighted by molar-refractivity contribution is 6.43. The van der Waals surface area contributed by atoms with Gasteiger partial charge in [0.15, 0.2) is 0 Å². The molecule has 1 aromatic heterocycles. The zero-order valence-electron chi connectivity index (χ0n) is 18.1. The average molecular weight is 412 g/mol. The van der Waals surface area contributed by atoms with Crippen molar-refractivity contribution in [3.63, 3.8) is 0 Å². The molecule has 2 heterocycles. The van der Waals surface area contributed by atoms with Crippen molar-refractivity contribution < 1.29 is 19.1 Å². The van der Waals surface area contributed by atoms with Gasteiger partial charge in [-0.15, -0.1) is 0 Å². The lowest BCUT2D eigenvalue weighted by molar-refractivity contribution is -0.128. The fourth-order valence-electron chi connectivity index (χ4n) is 3.46. The lowest BCUT2D eigenvalue weighted by Crippen LogP contribution is -2.53. The van der Waals surface area contributed by atoms with E-state index in [0.717, 1.165) is 5.69 Å². The lowest BCUT2D eigenvalue weighted by Gasteiger charge is -2.35. The van der Waals surface area contributed by atoms with Crippen LogP contribution in [0.1, 0.15) is 42.5 Å². The number of piperazine rings is 1. The number of ketones is 1. The normalized spacial score (nSPS) is 14.6. The van der Waals surface area contributed by atoms with Crippen LogP contribution in [0.25, 0.3) is 5.69 Å². The van der Waals surface area contributed by atoms with Crippen molar-refractivity contribution in [3.05, 3.63) is 47.3 Å². The summed E-state index contributed by atoms with van der Waals surface area (Å²) in [4.78, 5) is 41.1. The molecule has 1 saturated heterocycles. The molecule has 8 heteroatoms. The van der Waals surface area contributed by atoms with E-state index in [-0.39, 0.29) is 13.1 Å². The maximum absolute atomic E-state index is 13.0. The molecule has 1 aromatic carbocycles. The second-order valence-electron chi connectivity index (χ2n) is 8.38. The Bertz CT molecular complexity index is 952. The summed E-state index contributed by atoms with van der Waals surface area (Å²) in [5, 5.41) is 4.45. The number of aryl methyl sites for hydroxylation is 1. The van der Waals surface area contributed by atoms with E-state index in [4.69, 9.17) is 4.74 Å². The van der Waals surface area contributed by atoms with Crippen LogP contribution in [0, 0.1) is 13.8 Å². The van der Waals surface area contributed by atoms with Crippen molar-refractivity contribution in [2.24, 2.45) is 0 Å². The Hall–Kier alpha value is -3.16. The number of ether oxygens (including phenoxy) is 1. The van der Waals surface area contributed by atoms with Gasteiger partial charge in [-0.2, -0.15) is 5.10 Å². The lowest BCUT2D eigenvalue weighted by atomic mass is 10.1. The molecule has 160 valence electrons. The summed E-state index contributed by atoms with van der Waals surface area (Å²) < 4.78 is 7.05. The first-order valence-electron chi connectivity index (χ1n) is 10.0. The summed E-state index contributed by atoms with van der Waals surface area (Å²) in [6.07, 6.45) is -0.406. The Morgan fingerprint density at radius 1 is 0.933 bits per heavy atom. The molecule has 0 bridgehead atoms. The van der Waals surface area contributed by atoms with Crippen LogP contribution in [0.2, 0.25) is 0 Å². The number of hydrogen-bond donors (Lipinski definition) is 0. The highest BCUT2D eigenvalue weighted by Gasteiger charge is 2.32. The van der Waals surface area contributed by atoms with Crippen LogP contribution < -0.4 is 0 Å². The second kappa shape index (κ2) is 8.30. The number of carbonyl (C=O) groups is 3. The van der Waals surface area contributed by atoms with Crippen molar-refractivity contribution in [1.82, 2.24) is 19.6 Å². The molecule has 1 aliphatic rings. The molecule has 30 heavy (non-hydrogen) atoms. The minimum absolute atomic E-state index is 0.286. The van der Waals surface area contributed by atoms with E-state index in [9.17, 15) is 14.4 Å². The van der Waals surface area contributed by atoms with Crippen LogP contribution in [0.4, 0.5) is 4.79 Å². The van der Waals surface area contributed by atoms with Gasteiger partial charge in [-0.3, -0.25) is 9.59 Å². The average Bonchev–Trinajstić information content (AvgIpc) is 3.00. The van der Waals surface area contributed by atoms with Gasteiger partial charge >= 0.3 is 6.09 Å². The number of benzene rings is 1. The van der Waals surface area contributed by atoms with E-state index in [1.54, 1.807) is 23.4 Å². The van der Waals surface area contributed by atoms with Crippen molar-refractivity contribution in [2.75, 3.05) is 26.2 Å². The van der Waals surface area contributed by atoms with E-state index in [1.807, 2.05) is 51.1 Å². The highest BCUT2D eigenvalue weighted by atomic mass is 16.6. The zero-order chi connectivity index (χ0) is 22.1. The third-order valence-corrected chi connectivity index (χ3v) is 4.93. The molecule has 0 N–H and O–H groups in total. The quantitative estimate of drug-likeness (QED) is 0.572. The van der Waals surface area contributed by atoms with Crippen molar-refractivity contribution in [2.45, 2.75) is 40.2 Å². The van der Waals surface area contributed by atoms with E-state index < -0.39 is 23.4 Å². The number of rotatable bonds is 3. The number of hydrogen-bond acceptors (Lipinski definition) is 5. The van der Waals surface area contributed by atoms with Crippen LogP contribution in [0.5, 0.6) is 0 Å². The van der Waals surface area contributed by atoms with E-state index in [1.165, 1.54) is 4.90 Å². The standard InChI is InChI=1S/C22H28N4O4/c1-15-18(16(2)26(23-15)17-9-7-6-8-10-17)19(27)20(28)24-11-13-25(14-12-24)21(29)30-22(3,4)5/h6-10H,11-14H2,1-5H3. The SMILES string of the molecule is Cc1nn(-c2ccccc2)c(C)c1C(=O)C(=O)N1CCN(C(=O)OC(C)(C)C)CC1. The van der Waals surface area contributed by atoms with Gasteiger partial charge in [-0.25, -0.2) is 9.48 Å². The molecule has 8 nitrogen and oxygen atoms in total. The number of nitrogens with zero attached hydrogens (tertiary/aromatic N) is 4. The Kier molecular flexibility index (Phi) is 5.96. The van der Waals surface area contributed by atoms with Gasteiger partial charge in [0.05, 0.1) is 22.6 Å². The van der Waals surface area contributed by atoms with Crippen LogP contribution in [0.3, 0.4) is 0 Å². The van der Waals surface area contributed by atoms with Gasteiger partial charge in [-0.05, 0) is 46.8 Å². The summed E-state index contributed by atoms with van der Waals surface area (Å²) >= 11 is 0. The van der Waals surface area contributed by atoms with Gasteiger partial charge in [0.25, 0.3) is 11.7 Å². The van der Waals surface area contributed by atoms with Gasteiger partial charge < -0.3 is 14.5 Å². The summed E-state index contributed by atoms with van der Waals surface area (Å²) in [5.41, 5.74) is 1.73. The van der Waals surface area contributed by atoms with Gasteiger partial charge in [0.1, 0.15) is 5.60 Å². The molecular formula is C22H28N4O4. The summed E-state index contributed by atoms with van der Waals surface area (Å²) in [5.74, 6) is -1.14. The van der Waals surface area contributed by atoms with Gasteiger partial charge in [0.2, 0.25) is 0 Å². The van der Waals surface area contributed by atoms with Crippen molar-refractivity contribution in [1.29, 1.82) is 0 Å². The second-order valence-corrected chi connectivity index (χ2v) is 8.38. The molecule has 0 spiro atoms. The number of aromatic nitrogens is 2. The van der Waals surface area contributed by atoms with Crippen molar-refractivity contribution in [3.8, 4) is 5.69 Å². The first kappa shape index (κ1) is 21.5. The van der Waals surface area contributed by atoms with E-state index in [2.05, 4.69) is 5.10 Å². The maximum atomic E-state index is 13.0. The van der Waals surface area contributed by atoms with Crippen LogP contribution >= 0.6 is 0 Å². The molecule has 0 atom stereocenters. The third kappa shape index (κ3) is 4.53. The Morgan fingerprint density at radius 3 is 2.07 bits per heavy atom. The molecule has 2 aromatic rings. The first-order chi connectivity index (χ1) is 14.1. The minimum atomic E-state index is -0.575. The number of carbonyl (C=O) groups excluding carboxylic acids is 3. The Morgan fingerprint density at radius 2 is 1.50 bits per heavy atom. The third-order valence-electron chi connectivity index (χ3n) is 4.93. The summed E-state index contributed by atoms with van der Waals surface area (Å²) in [6, 6.07) is 9.48. The molecule has 1 fully saturated rings. The minimum Gasteiger partial charge on any atom is -0.444 e. The Labute approximate surface area is 176 Å². The number of para-hydroxylation sites is 1. The van der Waals surface area contributed by atoms with E-state index in [0.29, 0.717) is 30.0 Å². The van der Waals surface area contributed by atoms with Crippen LogP contribution in [-0.4, -0.2) is 69.1 Å². The molecule has 0 saturated carbocycles. The summed E-state index contributed by atoms with van der Waals surface area (Å²) in [6.45, 7) is 10.2. The first-order valence-corrected chi connectivity index (χ1v) is 10.0. The topological polar surface area (TPSA) is 84.7 Å². The molecular weight excluding hydrogens is 384 g/mol. The monoisotopic (exact) mass is 412 g/mol. The smallest absolute Gasteiger partial charge is 0.410 e. The zero-order valence-corrected chi connectivity index (χ0v) is 18.1. The fourth-order valence-corrected chi connectivity index (χ4v) is 3.46. The Balaban J connectivity index is 1.70. The maximum Gasteiger partial charge on any atom is 0.410 e. The molecule has 0 radical (unpaired) electrons. The largest absolute Gasteiger partial charge is 0.444 e. The molecule has 3 rings (SSSR count). The van der Waals surface area contributed by atoms with Crippen LogP contribution in [0.15, 0.2) is 30.3 Å². The highest BCUT2D eigenvalue weighted by Crippen LogP contribution is 2.20. The van der Waals surface area contributed by atoms with Crippen LogP contribution in [-0.2, 0) is 9.53 Å². The van der Waals surface area contributed by atoms with Gasteiger partial charge in [-0.1, -0.05) is 18.2 Å². The van der Waals surface area contributed by atoms with Crippen molar-refractivity contribution >= 4 is 17.8 Å². The fraction of sp³-hybridized carbons (Fsp3) is 0.455. The molecule has 2 amide bonds. The molecule has 0 aliphatic carbocycles. The molecule has 0 unspecified atom stereocenters. The van der Waals surface area contributed by atoms with Gasteiger partial charge in [0, 0.05) is 26.2 Å². The molecule has 1 aliphatic heterocycles. The number of Topliss-reactive ketones (excluding diaryl/α,β-unsaturated/α-hetero) is 1. The predicted octanol–water partition coefficient (Wildman–Crippen LogP) is 2.75. The van der Waals surface area contributed by atoms with E-state index >= 15 is 0 Å². The summed E-state index contributed by atoms with van der Waals surface area (Å²) in [7, 11) is 0. The number of amides is 2.